The zero-order chi connectivity index (χ0) is 14.4. The number of nitrogens with zero attached hydrogens (tertiary/aromatic N) is 1. The Kier molecular flexibility index (Phi) is 2.68. The van der Waals surface area contributed by atoms with Crippen LogP contribution in [0.15, 0.2) is 60.7 Å². The van der Waals surface area contributed by atoms with Crippen LogP contribution in [0, 0.1) is 6.92 Å². The summed E-state index contributed by atoms with van der Waals surface area (Å²) in [5.41, 5.74) is 6.91. The van der Waals surface area contributed by atoms with Crippen molar-refractivity contribution in [2.75, 3.05) is 7.05 Å². The molecule has 1 aliphatic heterocycles. The predicted octanol–water partition coefficient (Wildman–Crippen LogP) is 4.47. The van der Waals surface area contributed by atoms with E-state index in [0.29, 0.717) is 0 Å². The highest BCUT2D eigenvalue weighted by atomic mass is 15.0. The van der Waals surface area contributed by atoms with Gasteiger partial charge in [0.25, 0.3) is 0 Å². The molecule has 102 valence electrons. The molecule has 0 aromatic heterocycles. The van der Waals surface area contributed by atoms with E-state index in [-0.39, 0.29) is 0 Å². The number of fused-ring (bicyclic) bond motifs is 2. The van der Waals surface area contributed by atoms with Gasteiger partial charge in [0, 0.05) is 11.6 Å². The molecule has 4 rings (SSSR count). The first-order valence-electron chi connectivity index (χ1n) is 7.42. The Hall–Kier alpha value is -2.41. The summed E-state index contributed by atoms with van der Waals surface area (Å²) in [7, 11) is 2.18. The first-order valence-corrected chi connectivity index (χ1v) is 7.42. The maximum absolute atomic E-state index is 2.35. The van der Waals surface area contributed by atoms with Gasteiger partial charge in [-0.3, -0.25) is 0 Å². The molecule has 3 aromatic rings. The number of benzene rings is 3. The average Bonchev–Trinajstić information content (AvgIpc) is 2.84. The van der Waals surface area contributed by atoms with Gasteiger partial charge in [0.05, 0.1) is 12.0 Å². The lowest BCUT2D eigenvalue weighted by molar-refractivity contribution is -0.401. The van der Waals surface area contributed by atoms with E-state index in [9.17, 15) is 0 Å². The molecule has 1 heterocycles. The third-order valence-corrected chi connectivity index (χ3v) is 4.54. The Morgan fingerprint density at radius 3 is 2.48 bits per heavy atom. The van der Waals surface area contributed by atoms with Crippen LogP contribution in [0.5, 0.6) is 0 Å². The predicted molar refractivity (Wildman–Crippen MR) is 88.8 cm³/mol. The van der Waals surface area contributed by atoms with E-state index < -0.39 is 0 Å². The van der Waals surface area contributed by atoms with E-state index in [2.05, 4.69) is 79.2 Å². The van der Waals surface area contributed by atoms with E-state index in [0.717, 1.165) is 6.42 Å². The summed E-state index contributed by atoms with van der Waals surface area (Å²) in [6.45, 7) is 2.21. The Bertz CT molecular complexity index is 887. The average molecular weight is 272 g/mol. The Balaban J connectivity index is 2.01. The van der Waals surface area contributed by atoms with E-state index in [4.69, 9.17) is 0 Å². The van der Waals surface area contributed by atoms with Crippen molar-refractivity contribution >= 4 is 22.2 Å². The monoisotopic (exact) mass is 272 g/mol. The standard InChI is InChI=1S/C20H18N/c1-14-11-12-15-7-3-5-9-17(15)20(14)19-13-16-8-4-6-10-18(16)21(19)2/h3-12H,13H2,1-2H3/q+1. The maximum atomic E-state index is 2.35. The van der Waals surface area contributed by atoms with Gasteiger partial charge in [0.15, 0.2) is 5.71 Å². The smallest absolute Gasteiger partial charge is 0.198 e. The van der Waals surface area contributed by atoms with Crippen molar-refractivity contribution in [1.82, 2.24) is 0 Å². The summed E-state index contributed by atoms with van der Waals surface area (Å²) in [6, 6.07) is 21.8. The van der Waals surface area contributed by atoms with Crippen molar-refractivity contribution in [2.45, 2.75) is 13.3 Å². The lowest BCUT2D eigenvalue weighted by Gasteiger charge is -2.08. The van der Waals surface area contributed by atoms with Crippen LogP contribution >= 0.6 is 0 Å². The van der Waals surface area contributed by atoms with Gasteiger partial charge in [0.1, 0.15) is 7.05 Å². The quantitative estimate of drug-likeness (QED) is 0.575. The van der Waals surface area contributed by atoms with Crippen molar-refractivity contribution in [3.63, 3.8) is 0 Å². The number of hydrogen-bond acceptors (Lipinski definition) is 0. The molecule has 1 aliphatic rings. The van der Waals surface area contributed by atoms with Gasteiger partial charge in [-0.2, -0.15) is 4.58 Å². The van der Waals surface area contributed by atoms with Gasteiger partial charge in [-0.05, 0) is 23.3 Å². The van der Waals surface area contributed by atoms with Gasteiger partial charge in [-0.1, -0.05) is 54.6 Å². The molecule has 1 nitrogen and oxygen atoms in total. The minimum absolute atomic E-state index is 1.02. The summed E-state index contributed by atoms with van der Waals surface area (Å²) in [4.78, 5) is 0. The van der Waals surface area contributed by atoms with Gasteiger partial charge >= 0.3 is 0 Å². The molecule has 1 heteroatoms. The topological polar surface area (TPSA) is 3.01 Å². The third-order valence-electron chi connectivity index (χ3n) is 4.54. The summed E-state index contributed by atoms with van der Waals surface area (Å²) in [6.07, 6.45) is 1.02. The normalized spacial score (nSPS) is 13.8. The summed E-state index contributed by atoms with van der Waals surface area (Å²) >= 11 is 0. The summed E-state index contributed by atoms with van der Waals surface area (Å²) < 4.78 is 2.35. The van der Waals surface area contributed by atoms with Gasteiger partial charge in [0.2, 0.25) is 5.69 Å². The lowest BCUT2D eigenvalue weighted by atomic mass is 9.94. The van der Waals surface area contributed by atoms with Crippen LogP contribution in [0.25, 0.3) is 10.8 Å². The fourth-order valence-electron chi connectivity index (χ4n) is 3.45. The number of para-hydroxylation sites is 1. The van der Waals surface area contributed by atoms with Crippen molar-refractivity contribution in [3.05, 3.63) is 77.4 Å². The van der Waals surface area contributed by atoms with Crippen LogP contribution in [0.1, 0.15) is 16.7 Å². The molecule has 21 heavy (non-hydrogen) atoms. The van der Waals surface area contributed by atoms with Crippen LogP contribution < -0.4 is 0 Å². The van der Waals surface area contributed by atoms with E-state index in [1.165, 1.54) is 38.9 Å². The SMILES string of the molecule is Cc1ccc2ccccc2c1C1=[N+](C)c2ccccc2C1. The number of aryl methyl sites for hydroxylation is 1. The number of hydrogen-bond donors (Lipinski definition) is 0. The second kappa shape index (κ2) is 4.56. The van der Waals surface area contributed by atoms with E-state index >= 15 is 0 Å². The second-order valence-electron chi connectivity index (χ2n) is 5.79. The van der Waals surface area contributed by atoms with Crippen molar-refractivity contribution < 1.29 is 4.58 Å². The molecule has 0 atom stereocenters. The highest BCUT2D eigenvalue weighted by Crippen LogP contribution is 2.31. The molecule has 0 N–H and O–H groups in total. The Morgan fingerprint density at radius 1 is 0.857 bits per heavy atom. The molecule has 0 bridgehead atoms. The Labute approximate surface area is 125 Å². The first kappa shape index (κ1) is 12.3. The molecule has 0 amide bonds. The van der Waals surface area contributed by atoms with Crippen LogP contribution in [0.4, 0.5) is 5.69 Å². The molecule has 0 saturated heterocycles. The van der Waals surface area contributed by atoms with Crippen LogP contribution in [0.2, 0.25) is 0 Å². The molecule has 0 fully saturated rings. The van der Waals surface area contributed by atoms with E-state index in [1.54, 1.807) is 0 Å². The first-order chi connectivity index (χ1) is 10.3. The van der Waals surface area contributed by atoms with Crippen molar-refractivity contribution in [3.8, 4) is 0 Å². The zero-order valence-electron chi connectivity index (χ0n) is 12.4. The van der Waals surface area contributed by atoms with Crippen LogP contribution in [-0.2, 0) is 6.42 Å². The Morgan fingerprint density at radius 2 is 1.62 bits per heavy atom. The van der Waals surface area contributed by atoms with Crippen LogP contribution in [-0.4, -0.2) is 17.3 Å². The van der Waals surface area contributed by atoms with Gasteiger partial charge < -0.3 is 0 Å². The minimum Gasteiger partial charge on any atom is -0.198 e. The summed E-state index contributed by atoms with van der Waals surface area (Å²) in [5.74, 6) is 0. The minimum atomic E-state index is 1.02. The largest absolute Gasteiger partial charge is 0.208 e. The molecular formula is C20H18N+. The molecule has 0 radical (unpaired) electrons. The van der Waals surface area contributed by atoms with Gasteiger partial charge in [-0.15, -0.1) is 0 Å². The van der Waals surface area contributed by atoms with E-state index in [1.807, 2.05) is 0 Å². The maximum Gasteiger partial charge on any atom is 0.208 e. The van der Waals surface area contributed by atoms with Gasteiger partial charge in [-0.25, -0.2) is 0 Å². The highest BCUT2D eigenvalue weighted by molar-refractivity contribution is 6.12. The third kappa shape index (κ3) is 1.81. The summed E-state index contributed by atoms with van der Waals surface area (Å²) in [5, 5.41) is 2.67. The molecule has 3 aromatic carbocycles. The molecule has 0 spiro atoms. The highest BCUT2D eigenvalue weighted by Gasteiger charge is 2.29. The molecule has 0 aliphatic carbocycles. The molecule has 0 unspecified atom stereocenters. The fourth-order valence-corrected chi connectivity index (χ4v) is 3.45. The van der Waals surface area contributed by atoms with Crippen molar-refractivity contribution in [2.24, 2.45) is 0 Å². The molecule has 0 saturated carbocycles. The number of rotatable bonds is 1. The van der Waals surface area contributed by atoms with Crippen LogP contribution in [0.3, 0.4) is 0 Å². The fraction of sp³-hybridized carbons (Fsp3) is 0.150. The second-order valence-corrected chi connectivity index (χ2v) is 5.79. The van der Waals surface area contributed by atoms with Crippen molar-refractivity contribution in [1.29, 1.82) is 0 Å². The lowest BCUT2D eigenvalue weighted by Crippen LogP contribution is -2.12. The zero-order valence-corrected chi connectivity index (χ0v) is 12.4. The molecular weight excluding hydrogens is 254 g/mol.